The number of methoxy groups -OCH3 is 1. The van der Waals surface area contributed by atoms with E-state index in [-0.39, 0.29) is 17.9 Å². The van der Waals surface area contributed by atoms with Crippen molar-refractivity contribution in [3.63, 3.8) is 0 Å². The molecule has 0 unspecified atom stereocenters. The lowest BCUT2D eigenvalue weighted by atomic mass is 10.1. The summed E-state index contributed by atoms with van der Waals surface area (Å²) in [6.45, 7) is 4.27. The van der Waals surface area contributed by atoms with E-state index in [1.165, 1.54) is 11.3 Å². The zero-order chi connectivity index (χ0) is 17.7. The lowest BCUT2D eigenvalue weighted by molar-refractivity contribution is -0.115. The van der Waals surface area contributed by atoms with E-state index in [1.54, 1.807) is 7.11 Å². The number of hydrogen-bond donors (Lipinski definition) is 2. The molecule has 1 heterocycles. The number of carbonyl (C=O) groups excluding carboxylic acids is 1. The lowest BCUT2D eigenvalue weighted by Crippen LogP contribution is -2.16. The van der Waals surface area contributed by atoms with Gasteiger partial charge < -0.3 is 15.2 Å². The fraction of sp³-hybridized carbons (Fsp3) is 0.333. The van der Waals surface area contributed by atoms with Crippen LogP contribution in [-0.4, -0.2) is 24.1 Å². The van der Waals surface area contributed by atoms with E-state index in [9.17, 15) is 14.7 Å². The van der Waals surface area contributed by atoms with Crippen LogP contribution < -0.4 is 5.32 Å². The van der Waals surface area contributed by atoms with Gasteiger partial charge in [-0.1, -0.05) is 31.2 Å². The maximum atomic E-state index is 12.3. The Bertz CT molecular complexity index is 751. The highest BCUT2D eigenvalue weighted by Gasteiger charge is 2.21. The van der Waals surface area contributed by atoms with Crippen molar-refractivity contribution in [2.24, 2.45) is 0 Å². The first-order valence-corrected chi connectivity index (χ1v) is 8.50. The quantitative estimate of drug-likeness (QED) is 0.802. The summed E-state index contributed by atoms with van der Waals surface area (Å²) < 4.78 is 5.09. The van der Waals surface area contributed by atoms with E-state index in [4.69, 9.17) is 4.74 Å². The number of ether oxygens (including phenoxy) is 1. The summed E-state index contributed by atoms with van der Waals surface area (Å²) in [5.41, 5.74) is 2.85. The first-order valence-electron chi connectivity index (χ1n) is 7.68. The van der Waals surface area contributed by atoms with Gasteiger partial charge in [0, 0.05) is 12.0 Å². The van der Waals surface area contributed by atoms with Crippen molar-refractivity contribution in [3.05, 3.63) is 51.4 Å². The Morgan fingerprint density at radius 3 is 2.62 bits per heavy atom. The Morgan fingerprint density at radius 1 is 1.29 bits per heavy atom. The second-order valence-corrected chi connectivity index (χ2v) is 6.70. The van der Waals surface area contributed by atoms with Crippen molar-refractivity contribution in [1.82, 2.24) is 0 Å². The van der Waals surface area contributed by atoms with Crippen LogP contribution in [0.15, 0.2) is 24.3 Å². The van der Waals surface area contributed by atoms with Crippen LogP contribution in [0.4, 0.5) is 5.00 Å². The number of amides is 1. The molecule has 0 saturated heterocycles. The van der Waals surface area contributed by atoms with E-state index < -0.39 is 5.97 Å². The zero-order valence-electron chi connectivity index (χ0n) is 14.0. The van der Waals surface area contributed by atoms with Gasteiger partial charge in [0.15, 0.2) is 0 Å². The second-order valence-electron chi connectivity index (χ2n) is 5.48. The summed E-state index contributed by atoms with van der Waals surface area (Å²) in [5.74, 6) is -1.23. The summed E-state index contributed by atoms with van der Waals surface area (Å²) in [4.78, 5) is 24.7. The molecule has 0 saturated carbocycles. The van der Waals surface area contributed by atoms with E-state index in [2.05, 4.69) is 5.32 Å². The lowest BCUT2D eigenvalue weighted by Gasteiger charge is -2.07. The molecule has 2 aromatic rings. The van der Waals surface area contributed by atoms with Crippen LogP contribution >= 0.6 is 11.3 Å². The van der Waals surface area contributed by atoms with Gasteiger partial charge in [-0.25, -0.2) is 4.79 Å². The molecule has 1 amide bonds. The van der Waals surface area contributed by atoms with Crippen LogP contribution in [0, 0.1) is 6.92 Å². The molecule has 2 rings (SSSR count). The number of thiophene rings is 1. The number of carbonyl (C=O) groups is 2. The third kappa shape index (κ3) is 4.21. The van der Waals surface area contributed by atoms with Crippen LogP contribution in [0.1, 0.15) is 38.8 Å². The minimum absolute atomic E-state index is 0.190. The molecule has 0 aliphatic rings. The fourth-order valence-electron chi connectivity index (χ4n) is 2.67. The molecule has 2 N–H and O–H groups in total. The number of hydrogen-bond acceptors (Lipinski definition) is 4. The van der Waals surface area contributed by atoms with Gasteiger partial charge in [0.2, 0.25) is 5.91 Å². The van der Waals surface area contributed by atoms with Crippen molar-refractivity contribution in [2.75, 3.05) is 12.4 Å². The zero-order valence-corrected chi connectivity index (χ0v) is 14.8. The minimum atomic E-state index is -1.01. The topological polar surface area (TPSA) is 75.6 Å². The van der Waals surface area contributed by atoms with Crippen molar-refractivity contribution >= 4 is 28.2 Å². The molecule has 5 nitrogen and oxygen atoms in total. The van der Waals surface area contributed by atoms with E-state index in [1.807, 2.05) is 38.1 Å². The van der Waals surface area contributed by atoms with Crippen LogP contribution in [0.2, 0.25) is 0 Å². The van der Waals surface area contributed by atoms with Crippen molar-refractivity contribution in [2.45, 2.75) is 33.3 Å². The highest BCUT2D eigenvalue weighted by Crippen LogP contribution is 2.33. The molecule has 0 radical (unpaired) electrons. The Kier molecular flexibility index (Phi) is 6.11. The molecular weight excluding hydrogens is 326 g/mol. The monoisotopic (exact) mass is 347 g/mol. The first-order chi connectivity index (χ1) is 11.5. The van der Waals surface area contributed by atoms with Gasteiger partial charge >= 0.3 is 5.97 Å². The van der Waals surface area contributed by atoms with Crippen LogP contribution in [-0.2, 0) is 29.0 Å². The van der Waals surface area contributed by atoms with Gasteiger partial charge in [-0.05, 0) is 30.0 Å². The average Bonchev–Trinajstić information content (AvgIpc) is 2.83. The number of carboxylic acid groups (broad SMARTS) is 1. The molecule has 0 atom stereocenters. The Hall–Kier alpha value is -2.18. The molecule has 1 aromatic heterocycles. The van der Waals surface area contributed by atoms with Crippen molar-refractivity contribution in [3.8, 4) is 0 Å². The smallest absolute Gasteiger partial charge is 0.339 e. The van der Waals surface area contributed by atoms with Crippen LogP contribution in [0.3, 0.4) is 0 Å². The maximum Gasteiger partial charge on any atom is 0.339 e. The number of nitrogens with one attached hydrogen (secondary N) is 1. The van der Waals surface area contributed by atoms with Crippen LogP contribution in [0.5, 0.6) is 0 Å². The standard InChI is InChI=1S/C18H21NO4S/c1-4-14-11(2)24-17(16(14)18(21)22)19-15(20)9-12-6-5-7-13(8-12)10-23-3/h5-8H,4,9-10H2,1-3H3,(H,19,20)(H,21,22). The highest BCUT2D eigenvalue weighted by atomic mass is 32.1. The van der Waals surface area contributed by atoms with Crippen molar-refractivity contribution < 1.29 is 19.4 Å². The largest absolute Gasteiger partial charge is 0.478 e. The van der Waals surface area contributed by atoms with E-state index >= 15 is 0 Å². The van der Waals surface area contributed by atoms with Gasteiger partial charge in [0.25, 0.3) is 0 Å². The summed E-state index contributed by atoms with van der Waals surface area (Å²) in [6.07, 6.45) is 0.813. The third-order valence-electron chi connectivity index (χ3n) is 3.70. The number of carboxylic acids is 1. The number of aryl methyl sites for hydroxylation is 1. The first kappa shape index (κ1) is 18.2. The molecule has 24 heavy (non-hydrogen) atoms. The van der Waals surface area contributed by atoms with Gasteiger partial charge in [0.1, 0.15) is 5.00 Å². The maximum absolute atomic E-state index is 12.3. The van der Waals surface area contributed by atoms with Gasteiger partial charge in [-0.3, -0.25) is 4.79 Å². The SMILES string of the molecule is CCc1c(C)sc(NC(=O)Cc2cccc(COC)c2)c1C(=O)O. The number of aromatic carboxylic acids is 1. The molecular formula is C18H21NO4S. The van der Waals surface area contributed by atoms with Crippen molar-refractivity contribution in [1.29, 1.82) is 0 Å². The molecule has 0 aliphatic heterocycles. The molecule has 1 aromatic carbocycles. The van der Waals surface area contributed by atoms with Gasteiger partial charge in [-0.15, -0.1) is 11.3 Å². The minimum Gasteiger partial charge on any atom is -0.478 e. The summed E-state index contributed by atoms with van der Waals surface area (Å²) in [5, 5.41) is 12.6. The predicted molar refractivity (Wildman–Crippen MR) is 94.9 cm³/mol. The molecule has 0 fully saturated rings. The number of anilines is 1. The molecule has 128 valence electrons. The van der Waals surface area contributed by atoms with Crippen LogP contribution in [0.25, 0.3) is 0 Å². The molecule has 0 spiro atoms. The fourth-order valence-corrected chi connectivity index (χ4v) is 3.82. The Labute approximate surface area is 145 Å². The Balaban J connectivity index is 2.16. The van der Waals surface area contributed by atoms with E-state index in [0.29, 0.717) is 18.0 Å². The van der Waals surface area contributed by atoms with Gasteiger partial charge in [-0.2, -0.15) is 0 Å². The van der Waals surface area contributed by atoms with E-state index in [0.717, 1.165) is 21.6 Å². The summed E-state index contributed by atoms with van der Waals surface area (Å²) in [7, 11) is 1.62. The second kappa shape index (κ2) is 8.08. The molecule has 0 bridgehead atoms. The Morgan fingerprint density at radius 2 is 2.00 bits per heavy atom. The third-order valence-corrected chi connectivity index (χ3v) is 4.76. The number of benzene rings is 1. The molecule has 0 aliphatic carbocycles. The molecule has 6 heteroatoms. The summed E-state index contributed by atoms with van der Waals surface area (Å²) >= 11 is 1.31. The summed E-state index contributed by atoms with van der Waals surface area (Å²) in [6, 6.07) is 7.60. The number of rotatable bonds is 7. The highest BCUT2D eigenvalue weighted by molar-refractivity contribution is 7.16. The van der Waals surface area contributed by atoms with Gasteiger partial charge in [0.05, 0.1) is 18.6 Å². The predicted octanol–water partition coefficient (Wildman–Crippen LogP) is 3.64. The normalized spacial score (nSPS) is 10.6. The average molecular weight is 347 g/mol.